The lowest BCUT2D eigenvalue weighted by Crippen LogP contribution is -2.47. The molecule has 2 aliphatic heterocycles. The molecule has 11 nitrogen and oxygen atoms in total. The molecule has 0 fully saturated rings. The minimum Gasteiger partial charge on any atom is -0.506 e. The molecule has 3 heterocycles. The lowest BCUT2D eigenvalue weighted by atomic mass is 9.89. The second-order valence-corrected chi connectivity index (χ2v) is 9.86. The molecule has 3 aromatic rings. The number of hydrogen-bond donors (Lipinski definition) is 3. The molecule has 0 saturated carbocycles. The first-order chi connectivity index (χ1) is 18.1. The number of esters is 1. The second-order valence-electron chi connectivity index (χ2n) is 9.21. The summed E-state index contributed by atoms with van der Waals surface area (Å²) in [4.78, 5) is 44.5. The van der Waals surface area contributed by atoms with Crippen LogP contribution in [0.2, 0.25) is 0 Å². The van der Waals surface area contributed by atoms with Crippen LogP contribution in [0.3, 0.4) is 0 Å². The van der Waals surface area contributed by atoms with E-state index < -0.39 is 17.3 Å². The first kappa shape index (κ1) is 25.7. The Hall–Kier alpha value is -3.93. The fourth-order valence-corrected chi connectivity index (χ4v) is 5.84. The van der Waals surface area contributed by atoms with Crippen molar-refractivity contribution in [1.82, 2.24) is 4.98 Å². The molecule has 2 atom stereocenters. The number of carbonyl (C=O) groups is 3. The number of aromatic amines is 1. The summed E-state index contributed by atoms with van der Waals surface area (Å²) in [5.74, 6) is -0.981. The summed E-state index contributed by atoms with van der Waals surface area (Å²) < 4.78 is 21.3. The molecular weight excluding hydrogens is 562 g/mol. The Morgan fingerprint density at radius 3 is 2.45 bits per heavy atom. The van der Waals surface area contributed by atoms with Gasteiger partial charge in [-0.2, -0.15) is 0 Å². The van der Waals surface area contributed by atoms with Crippen LogP contribution >= 0.6 is 15.9 Å². The number of hydrogen-bond acceptors (Lipinski definition) is 9. The molecule has 0 unspecified atom stereocenters. The number of nitrogens with one attached hydrogen (secondary N) is 2. The van der Waals surface area contributed by atoms with Crippen LogP contribution < -0.4 is 24.4 Å². The fourth-order valence-electron chi connectivity index (χ4n) is 5.31. The van der Waals surface area contributed by atoms with Gasteiger partial charge >= 0.3 is 5.97 Å². The number of nitrogens with zero attached hydrogens (tertiary/aromatic N) is 1. The largest absolute Gasteiger partial charge is 0.506 e. The van der Waals surface area contributed by atoms with Gasteiger partial charge in [0.05, 0.1) is 50.9 Å². The molecule has 2 aliphatic rings. The third-order valence-electron chi connectivity index (χ3n) is 7.16. The van der Waals surface area contributed by atoms with Crippen LogP contribution in [-0.4, -0.2) is 73.6 Å². The number of H-pyrrole nitrogens is 1. The van der Waals surface area contributed by atoms with Gasteiger partial charge in [0.25, 0.3) is 5.91 Å². The minimum absolute atomic E-state index is 0.149. The molecule has 0 bridgehead atoms. The molecule has 12 heteroatoms. The summed E-state index contributed by atoms with van der Waals surface area (Å²) in [7, 11) is 5.69. The van der Waals surface area contributed by atoms with E-state index in [1.165, 1.54) is 46.3 Å². The Kier molecular flexibility index (Phi) is 6.17. The zero-order valence-corrected chi connectivity index (χ0v) is 22.9. The van der Waals surface area contributed by atoms with Crippen LogP contribution in [0.15, 0.2) is 18.2 Å². The number of phenols is 1. The number of anilines is 2. The number of rotatable bonds is 6. The number of methoxy groups -OCH3 is 4. The van der Waals surface area contributed by atoms with E-state index >= 15 is 0 Å². The van der Waals surface area contributed by atoms with Gasteiger partial charge in [0.2, 0.25) is 11.5 Å². The number of carbonyl (C=O) groups excluding carboxylic acids is 3. The molecule has 200 valence electrons. The van der Waals surface area contributed by atoms with Crippen LogP contribution in [0, 0.1) is 0 Å². The standard InChI is InChI=1S/C26H26BrN3O8/c1-26(25(34)38-5)23(32)18-17-12(9-27)10-30(14(17)8-15(31)20(18)29-26)24(33)13-6-11-7-16(35-2)21(36-3)22(37-4)19(11)28-13/h6-8,12,28-29,31H,9-10H2,1-5H3/t12-,26-/m0/s1. The number of ether oxygens (including phenoxy) is 4. The fraction of sp³-hybridized carbons (Fsp3) is 0.346. The molecule has 38 heavy (non-hydrogen) atoms. The summed E-state index contributed by atoms with van der Waals surface area (Å²) >= 11 is 3.50. The topological polar surface area (TPSA) is 139 Å². The van der Waals surface area contributed by atoms with Crippen molar-refractivity contribution in [1.29, 1.82) is 0 Å². The predicted octanol–water partition coefficient (Wildman–Crippen LogP) is 3.58. The van der Waals surface area contributed by atoms with Gasteiger partial charge in [-0.25, -0.2) is 4.79 Å². The Labute approximate surface area is 226 Å². The van der Waals surface area contributed by atoms with Crippen molar-refractivity contribution >= 4 is 55.9 Å². The SMILES string of the molecule is COC(=O)[C@@]1(C)Nc2c(O)cc3c(c2C1=O)[C@@H](CBr)CN3C(=O)c1cc2cc(OC)c(OC)c(OC)c2[nH]1. The molecular formula is C26H26BrN3O8. The average molecular weight is 588 g/mol. The van der Waals surface area contributed by atoms with E-state index in [0.29, 0.717) is 44.7 Å². The minimum atomic E-state index is -1.69. The smallest absolute Gasteiger partial charge is 0.339 e. The van der Waals surface area contributed by atoms with Gasteiger partial charge in [0.15, 0.2) is 17.0 Å². The first-order valence-corrected chi connectivity index (χ1v) is 12.8. The van der Waals surface area contributed by atoms with Crippen molar-refractivity contribution in [3.05, 3.63) is 35.0 Å². The van der Waals surface area contributed by atoms with Crippen molar-refractivity contribution in [2.45, 2.75) is 18.4 Å². The third-order valence-corrected chi connectivity index (χ3v) is 7.94. The number of fused-ring (bicyclic) bond motifs is 4. The van der Waals surface area contributed by atoms with Gasteiger partial charge in [0.1, 0.15) is 11.4 Å². The Morgan fingerprint density at radius 2 is 1.84 bits per heavy atom. The van der Waals surface area contributed by atoms with Gasteiger partial charge in [-0.05, 0) is 24.6 Å². The van der Waals surface area contributed by atoms with Crippen LogP contribution in [0.5, 0.6) is 23.0 Å². The number of aromatic nitrogens is 1. The van der Waals surface area contributed by atoms with Crippen LogP contribution in [0.25, 0.3) is 10.9 Å². The van der Waals surface area contributed by atoms with E-state index in [1.807, 2.05) is 0 Å². The molecule has 3 N–H and O–H groups in total. The zero-order valence-electron chi connectivity index (χ0n) is 21.4. The number of amides is 1. The molecule has 0 radical (unpaired) electrons. The van der Waals surface area contributed by atoms with Crippen molar-refractivity contribution in [2.24, 2.45) is 0 Å². The van der Waals surface area contributed by atoms with Gasteiger partial charge in [-0.1, -0.05) is 15.9 Å². The summed E-state index contributed by atoms with van der Waals surface area (Å²) in [5.41, 5.74) is 0.417. The van der Waals surface area contributed by atoms with Crippen LogP contribution in [-0.2, 0) is 9.53 Å². The molecule has 1 aromatic heterocycles. The van der Waals surface area contributed by atoms with Crippen LogP contribution in [0.4, 0.5) is 11.4 Å². The van der Waals surface area contributed by atoms with Gasteiger partial charge < -0.3 is 39.3 Å². The molecule has 2 aromatic carbocycles. The van der Waals surface area contributed by atoms with Crippen molar-refractivity contribution in [3.8, 4) is 23.0 Å². The summed E-state index contributed by atoms with van der Waals surface area (Å²) in [5, 5.41) is 14.8. The number of phenolic OH excluding ortho intramolecular Hbond substituents is 1. The summed E-state index contributed by atoms with van der Waals surface area (Å²) in [6.07, 6.45) is 0. The van der Waals surface area contributed by atoms with Crippen molar-refractivity contribution in [3.63, 3.8) is 0 Å². The lowest BCUT2D eigenvalue weighted by molar-refractivity contribution is -0.143. The quantitative estimate of drug-likeness (QED) is 0.171. The maximum absolute atomic E-state index is 13.8. The van der Waals surface area contributed by atoms with E-state index in [2.05, 4.69) is 26.2 Å². The predicted molar refractivity (Wildman–Crippen MR) is 143 cm³/mol. The maximum atomic E-state index is 13.8. The number of aromatic hydroxyl groups is 1. The number of ketones is 1. The van der Waals surface area contributed by atoms with Crippen LogP contribution in [0.1, 0.15) is 39.3 Å². The maximum Gasteiger partial charge on any atom is 0.339 e. The Balaban J connectivity index is 1.62. The zero-order chi connectivity index (χ0) is 27.5. The average Bonchev–Trinajstić information content (AvgIpc) is 3.59. The molecule has 5 rings (SSSR count). The molecule has 1 amide bonds. The molecule has 0 saturated heterocycles. The van der Waals surface area contributed by atoms with E-state index in [0.717, 1.165) is 0 Å². The number of Topliss-reactive ketones (excluding diaryl/α,β-unsaturated/α-hetero) is 1. The Morgan fingerprint density at radius 1 is 1.13 bits per heavy atom. The highest BCUT2D eigenvalue weighted by Gasteiger charge is 2.53. The number of benzene rings is 2. The van der Waals surface area contributed by atoms with Crippen molar-refractivity contribution < 1.29 is 38.4 Å². The van der Waals surface area contributed by atoms with Gasteiger partial charge in [0, 0.05) is 29.2 Å². The summed E-state index contributed by atoms with van der Waals surface area (Å²) in [6.45, 7) is 1.66. The Bertz CT molecular complexity index is 1520. The molecule has 0 aliphatic carbocycles. The highest BCUT2D eigenvalue weighted by Crippen LogP contribution is 2.51. The number of halogens is 1. The first-order valence-electron chi connectivity index (χ1n) is 11.7. The van der Waals surface area contributed by atoms with Gasteiger partial charge in [-0.15, -0.1) is 0 Å². The highest BCUT2D eigenvalue weighted by atomic mass is 79.9. The number of alkyl halides is 1. The van der Waals surface area contributed by atoms with E-state index in [4.69, 9.17) is 18.9 Å². The normalized spacial score (nSPS) is 19.7. The van der Waals surface area contributed by atoms with Crippen molar-refractivity contribution in [2.75, 3.05) is 50.5 Å². The summed E-state index contributed by atoms with van der Waals surface area (Å²) in [6, 6.07) is 4.85. The lowest BCUT2D eigenvalue weighted by Gasteiger charge is -2.20. The third kappa shape index (κ3) is 3.43. The second kappa shape index (κ2) is 9.12. The molecule has 0 spiro atoms. The highest BCUT2D eigenvalue weighted by molar-refractivity contribution is 9.09. The van der Waals surface area contributed by atoms with E-state index in [-0.39, 0.29) is 41.1 Å². The monoisotopic (exact) mass is 587 g/mol. The van der Waals surface area contributed by atoms with E-state index in [9.17, 15) is 19.5 Å². The van der Waals surface area contributed by atoms with Gasteiger partial charge in [-0.3, -0.25) is 9.59 Å². The van der Waals surface area contributed by atoms with E-state index in [1.54, 1.807) is 12.1 Å².